The maximum absolute atomic E-state index is 12.1. The summed E-state index contributed by atoms with van der Waals surface area (Å²) < 4.78 is 31.4. The highest BCUT2D eigenvalue weighted by atomic mass is 32.2. The predicted molar refractivity (Wildman–Crippen MR) is 98.5 cm³/mol. The van der Waals surface area contributed by atoms with Crippen LogP contribution in [0.2, 0.25) is 0 Å². The van der Waals surface area contributed by atoms with Crippen molar-refractivity contribution in [3.05, 3.63) is 34.7 Å². The van der Waals surface area contributed by atoms with E-state index in [2.05, 4.69) is 21.6 Å². The van der Waals surface area contributed by atoms with Crippen molar-refractivity contribution in [3.63, 3.8) is 0 Å². The van der Waals surface area contributed by atoms with Crippen LogP contribution in [0.1, 0.15) is 5.56 Å². The SMILES string of the molecule is COCCNS(=O)(=O)/C(C#N)=C/c1ccc(N2CCN(C)CC2)cc1. The number of nitriles is 1. The van der Waals surface area contributed by atoms with E-state index in [1.54, 1.807) is 6.07 Å². The highest BCUT2D eigenvalue weighted by Crippen LogP contribution is 2.19. The molecule has 0 aliphatic carbocycles. The first-order valence-corrected chi connectivity index (χ1v) is 9.58. The molecule has 0 saturated carbocycles. The maximum Gasteiger partial charge on any atom is 0.250 e. The molecular formula is C17H24N4O3S. The van der Waals surface area contributed by atoms with Gasteiger partial charge in [-0.2, -0.15) is 5.26 Å². The van der Waals surface area contributed by atoms with Crippen molar-refractivity contribution >= 4 is 21.8 Å². The van der Waals surface area contributed by atoms with Gasteiger partial charge in [0, 0.05) is 45.5 Å². The first-order chi connectivity index (χ1) is 12.0. The predicted octanol–water partition coefficient (Wildman–Crippen LogP) is 0.869. The van der Waals surface area contributed by atoms with Crippen LogP contribution in [-0.4, -0.2) is 66.8 Å². The molecule has 1 aliphatic rings. The van der Waals surface area contributed by atoms with Gasteiger partial charge in [-0.25, -0.2) is 13.1 Å². The van der Waals surface area contributed by atoms with Crippen molar-refractivity contribution < 1.29 is 13.2 Å². The van der Waals surface area contributed by atoms with Gasteiger partial charge in [0.1, 0.15) is 6.07 Å². The number of nitrogens with one attached hydrogen (secondary N) is 1. The van der Waals surface area contributed by atoms with Gasteiger partial charge in [-0.05, 0) is 30.8 Å². The zero-order valence-electron chi connectivity index (χ0n) is 14.6. The van der Waals surface area contributed by atoms with Gasteiger partial charge >= 0.3 is 0 Å². The molecule has 0 aromatic heterocycles. The van der Waals surface area contributed by atoms with E-state index < -0.39 is 10.0 Å². The van der Waals surface area contributed by atoms with Crippen LogP contribution in [0.4, 0.5) is 5.69 Å². The smallest absolute Gasteiger partial charge is 0.250 e. The number of hydrogen-bond acceptors (Lipinski definition) is 6. The van der Waals surface area contributed by atoms with Crippen molar-refractivity contribution in [2.24, 2.45) is 0 Å². The van der Waals surface area contributed by atoms with Gasteiger partial charge in [-0.15, -0.1) is 0 Å². The fourth-order valence-corrected chi connectivity index (χ4v) is 3.44. The van der Waals surface area contributed by atoms with Gasteiger partial charge in [-0.3, -0.25) is 0 Å². The summed E-state index contributed by atoms with van der Waals surface area (Å²) in [5.41, 5.74) is 1.77. The lowest BCUT2D eigenvalue weighted by Crippen LogP contribution is -2.44. The molecule has 1 saturated heterocycles. The monoisotopic (exact) mass is 364 g/mol. The third-order valence-corrected chi connectivity index (χ3v) is 5.43. The molecule has 1 aromatic rings. The Morgan fingerprint density at radius 1 is 1.28 bits per heavy atom. The lowest BCUT2D eigenvalue weighted by molar-refractivity contribution is 0.204. The molecule has 0 unspecified atom stereocenters. The third-order valence-electron chi connectivity index (χ3n) is 4.06. The highest BCUT2D eigenvalue weighted by molar-refractivity contribution is 7.93. The Kier molecular flexibility index (Phi) is 6.96. The minimum atomic E-state index is -3.83. The second-order valence-corrected chi connectivity index (χ2v) is 7.63. The fraction of sp³-hybridized carbons (Fsp3) is 0.471. The highest BCUT2D eigenvalue weighted by Gasteiger charge is 2.17. The molecule has 1 fully saturated rings. The van der Waals surface area contributed by atoms with Gasteiger partial charge in [-0.1, -0.05) is 12.1 Å². The van der Waals surface area contributed by atoms with E-state index in [0.717, 1.165) is 31.9 Å². The molecule has 0 amide bonds. The van der Waals surface area contributed by atoms with Crippen LogP contribution in [-0.2, 0) is 14.8 Å². The van der Waals surface area contributed by atoms with Crippen molar-refractivity contribution in [2.45, 2.75) is 0 Å². The Morgan fingerprint density at radius 2 is 1.92 bits per heavy atom. The van der Waals surface area contributed by atoms with E-state index in [-0.39, 0.29) is 18.1 Å². The summed E-state index contributed by atoms with van der Waals surface area (Å²) in [6.45, 7) is 4.34. The normalized spacial score (nSPS) is 16.7. The van der Waals surface area contributed by atoms with Gasteiger partial charge in [0.2, 0.25) is 0 Å². The number of methoxy groups -OCH3 is 1. The average Bonchev–Trinajstić information content (AvgIpc) is 2.61. The zero-order chi connectivity index (χ0) is 18.3. The zero-order valence-corrected chi connectivity index (χ0v) is 15.4. The minimum absolute atomic E-state index is 0.125. The molecule has 0 bridgehead atoms. The van der Waals surface area contributed by atoms with Crippen molar-refractivity contribution in [3.8, 4) is 6.07 Å². The molecule has 136 valence electrons. The topological polar surface area (TPSA) is 85.7 Å². The van der Waals surface area contributed by atoms with E-state index in [1.807, 2.05) is 24.3 Å². The Bertz CT molecular complexity index is 730. The van der Waals surface area contributed by atoms with E-state index in [4.69, 9.17) is 4.74 Å². The molecule has 2 rings (SSSR count). The number of likely N-dealkylation sites (N-methyl/N-ethyl adjacent to an activating group) is 1. The van der Waals surface area contributed by atoms with Gasteiger partial charge < -0.3 is 14.5 Å². The average molecular weight is 364 g/mol. The van der Waals surface area contributed by atoms with E-state index in [9.17, 15) is 13.7 Å². The number of hydrogen-bond donors (Lipinski definition) is 1. The summed E-state index contributed by atoms with van der Waals surface area (Å²) in [4.78, 5) is 4.27. The van der Waals surface area contributed by atoms with Crippen molar-refractivity contribution in [1.82, 2.24) is 9.62 Å². The van der Waals surface area contributed by atoms with Crippen LogP contribution >= 0.6 is 0 Å². The van der Waals surface area contributed by atoms with Crippen molar-refractivity contribution in [2.75, 3.05) is 58.4 Å². The number of ether oxygens (including phenoxy) is 1. The maximum atomic E-state index is 12.1. The van der Waals surface area contributed by atoms with E-state index >= 15 is 0 Å². The van der Waals surface area contributed by atoms with Gasteiger partial charge in [0.05, 0.1) is 6.61 Å². The Labute approximate surface area is 149 Å². The Balaban J connectivity index is 2.09. The molecule has 1 heterocycles. The number of piperazine rings is 1. The molecule has 1 aromatic carbocycles. The summed E-state index contributed by atoms with van der Waals surface area (Å²) in [6, 6.07) is 9.32. The molecule has 0 atom stereocenters. The van der Waals surface area contributed by atoms with Gasteiger partial charge in [0.15, 0.2) is 4.91 Å². The molecule has 0 radical (unpaired) electrons. The molecule has 25 heavy (non-hydrogen) atoms. The first-order valence-electron chi connectivity index (χ1n) is 8.10. The standard InChI is InChI=1S/C17H24N4O3S/c1-20-8-10-21(11-9-20)16-5-3-15(4-6-16)13-17(14-18)25(22,23)19-7-12-24-2/h3-6,13,19H,7-12H2,1-2H3/b17-13+. The molecule has 7 nitrogen and oxygen atoms in total. The first kappa shape index (κ1) is 19.4. The van der Waals surface area contributed by atoms with Crippen LogP contribution < -0.4 is 9.62 Å². The molecule has 1 aliphatic heterocycles. The third kappa shape index (κ3) is 5.54. The Hall–Kier alpha value is -1.92. The number of allylic oxidation sites excluding steroid dienone is 1. The number of rotatable bonds is 7. The largest absolute Gasteiger partial charge is 0.383 e. The Morgan fingerprint density at radius 3 is 2.48 bits per heavy atom. The van der Waals surface area contributed by atoms with Crippen molar-refractivity contribution in [1.29, 1.82) is 5.26 Å². The molecular weight excluding hydrogens is 340 g/mol. The van der Waals surface area contributed by atoms with Crippen LogP contribution in [0, 0.1) is 11.3 Å². The lowest BCUT2D eigenvalue weighted by atomic mass is 10.1. The second kappa shape index (κ2) is 8.97. The quantitative estimate of drug-likeness (QED) is 0.571. The number of sulfonamides is 1. The lowest BCUT2D eigenvalue weighted by Gasteiger charge is -2.34. The molecule has 8 heteroatoms. The summed E-state index contributed by atoms with van der Waals surface area (Å²) in [5.74, 6) is 0. The summed E-state index contributed by atoms with van der Waals surface area (Å²) in [7, 11) is -0.235. The summed E-state index contributed by atoms with van der Waals surface area (Å²) >= 11 is 0. The van der Waals surface area contributed by atoms with Gasteiger partial charge in [0.25, 0.3) is 10.0 Å². The second-order valence-electron chi connectivity index (χ2n) is 5.89. The van der Waals surface area contributed by atoms with Crippen LogP contribution in [0.3, 0.4) is 0 Å². The number of anilines is 1. The number of benzene rings is 1. The molecule has 0 spiro atoms. The van der Waals surface area contributed by atoms with E-state index in [1.165, 1.54) is 13.2 Å². The number of nitrogens with zero attached hydrogens (tertiary/aromatic N) is 3. The fourth-order valence-electron chi connectivity index (χ4n) is 2.52. The minimum Gasteiger partial charge on any atom is -0.383 e. The van der Waals surface area contributed by atoms with E-state index in [0.29, 0.717) is 5.56 Å². The van der Waals surface area contributed by atoms with Crippen LogP contribution in [0.5, 0.6) is 0 Å². The summed E-state index contributed by atoms with van der Waals surface area (Å²) in [5, 5.41) is 9.18. The van der Waals surface area contributed by atoms with Crippen LogP contribution in [0.15, 0.2) is 29.2 Å². The molecule has 1 N–H and O–H groups in total. The van der Waals surface area contributed by atoms with Crippen LogP contribution in [0.25, 0.3) is 6.08 Å². The summed E-state index contributed by atoms with van der Waals surface area (Å²) in [6.07, 6.45) is 1.38.